The second-order valence-electron chi connectivity index (χ2n) is 7.77. The molecule has 4 rings (SSSR count). The fourth-order valence-corrected chi connectivity index (χ4v) is 3.80. The van der Waals surface area contributed by atoms with Crippen molar-refractivity contribution in [3.05, 3.63) is 77.2 Å². The Morgan fingerprint density at radius 1 is 0.971 bits per heavy atom. The van der Waals surface area contributed by atoms with Gasteiger partial charge in [0.15, 0.2) is 28.1 Å². The summed E-state index contributed by atoms with van der Waals surface area (Å²) in [7, 11) is 4.47. The van der Waals surface area contributed by atoms with Gasteiger partial charge in [0.2, 0.25) is 5.75 Å². The molecule has 0 aliphatic rings. The number of aromatic nitrogens is 1. The summed E-state index contributed by atoms with van der Waals surface area (Å²) in [5.41, 5.74) is 4.85. The lowest BCUT2D eigenvalue weighted by Gasteiger charge is -2.14. The van der Waals surface area contributed by atoms with E-state index in [1.165, 1.54) is 21.3 Å². The van der Waals surface area contributed by atoms with Gasteiger partial charge < -0.3 is 23.9 Å². The normalized spacial score (nSPS) is 10.6. The zero-order chi connectivity index (χ0) is 24.9. The van der Waals surface area contributed by atoms with Crippen LogP contribution in [0.5, 0.6) is 17.2 Å². The molecule has 0 atom stereocenters. The molecule has 0 aliphatic heterocycles. The molecular weight excluding hydrogens is 466 g/mol. The number of methoxy groups -OCH3 is 3. The summed E-state index contributed by atoms with van der Waals surface area (Å²) in [6.45, 7) is 2.02. The summed E-state index contributed by atoms with van der Waals surface area (Å²) in [5, 5.41) is 5.84. The molecule has 3 aromatic carbocycles. The average Bonchev–Trinajstić information content (AvgIpc) is 3.25. The van der Waals surface area contributed by atoms with Crippen molar-refractivity contribution in [1.82, 2.24) is 10.3 Å². The van der Waals surface area contributed by atoms with Gasteiger partial charge >= 0.3 is 0 Å². The van der Waals surface area contributed by atoms with Gasteiger partial charge in [0.1, 0.15) is 5.52 Å². The highest BCUT2D eigenvalue weighted by Gasteiger charge is 2.17. The largest absolute Gasteiger partial charge is 0.493 e. The van der Waals surface area contributed by atoms with Crippen molar-refractivity contribution in [3.63, 3.8) is 0 Å². The first-order valence-electron chi connectivity index (χ1n) is 10.8. The number of nitrogens with one attached hydrogen (secondary N) is 2. The highest BCUT2D eigenvalue weighted by atomic mass is 32.1. The monoisotopic (exact) mass is 491 g/mol. The molecule has 1 aromatic heterocycles. The van der Waals surface area contributed by atoms with Crippen LogP contribution in [0.15, 0.2) is 59.0 Å². The zero-order valence-electron chi connectivity index (χ0n) is 19.8. The molecular formula is C26H25N3O5S. The molecule has 0 unspecified atom stereocenters. The first-order chi connectivity index (χ1) is 16.9. The van der Waals surface area contributed by atoms with E-state index in [-0.39, 0.29) is 5.11 Å². The number of oxazole rings is 1. The first-order valence-corrected chi connectivity index (χ1v) is 11.2. The lowest BCUT2D eigenvalue weighted by atomic mass is 10.1. The Morgan fingerprint density at radius 2 is 1.66 bits per heavy atom. The summed E-state index contributed by atoms with van der Waals surface area (Å²) >= 11 is 5.31. The van der Waals surface area contributed by atoms with Gasteiger partial charge in [-0.3, -0.25) is 10.1 Å². The molecule has 0 saturated carbocycles. The Bertz CT molecular complexity index is 1360. The Balaban J connectivity index is 1.39. The topological polar surface area (TPSA) is 94.9 Å². The van der Waals surface area contributed by atoms with E-state index in [0.717, 1.165) is 27.9 Å². The second kappa shape index (κ2) is 10.4. The van der Waals surface area contributed by atoms with Crippen LogP contribution < -0.4 is 24.8 Å². The molecule has 0 bridgehead atoms. The summed E-state index contributed by atoms with van der Waals surface area (Å²) < 4.78 is 21.7. The number of aryl methyl sites for hydroxylation is 1. The lowest BCUT2D eigenvalue weighted by Crippen LogP contribution is -2.34. The number of thiocarbonyl (C=S) groups is 1. The number of nitrogens with zero attached hydrogens (tertiary/aromatic N) is 1. The van der Waals surface area contributed by atoms with E-state index in [1.807, 2.05) is 49.4 Å². The quantitative estimate of drug-likeness (QED) is 0.353. The third-order valence-corrected chi connectivity index (χ3v) is 5.51. The predicted molar refractivity (Wildman–Crippen MR) is 138 cm³/mol. The molecule has 0 saturated heterocycles. The van der Waals surface area contributed by atoms with E-state index in [4.69, 9.17) is 30.8 Å². The maximum Gasteiger partial charge on any atom is 0.257 e. The van der Waals surface area contributed by atoms with Crippen LogP contribution in [0.2, 0.25) is 0 Å². The molecule has 1 amide bonds. The van der Waals surface area contributed by atoms with Crippen LogP contribution in [0.3, 0.4) is 0 Å². The van der Waals surface area contributed by atoms with Crippen LogP contribution in [-0.2, 0) is 6.42 Å². The molecule has 8 nitrogen and oxygen atoms in total. The highest BCUT2D eigenvalue weighted by molar-refractivity contribution is 7.80. The van der Waals surface area contributed by atoms with E-state index in [0.29, 0.717) is 35.1 Å². The lowest BCUT2D eigenvalue weighted by molar-refractivity contribution is 0.0977. The number of carbonyl (C=O) groups excluding carboxylic acids is 1. The van der Waals surface area contributed by atoms with Gasteiger partial charge in [-0.15, -0.1) is 0 Å². The summed E-state index contributed by atoms with van der Waals surface area (Å²) in [6, 6.07) is 16.7. The number of rotatable bonds is 7. The number of hydrogen-bond donors (Lipinski definition) is 2. The van der Waals surface area contributed by atoms with Crippen LogP contribution in [-0.4, -0.2) is 37.3 Å². The standard InChI is InChI=1S/C26H25N3O5S/c1-15-5-10-20-19(11-15)28-23(34-20)12-16-6-8-18(9-7-16)27-26(35)29-25(30)17-13-21(31-2)24(33-4)22(14-17)32-3/h5-11,13-14H,12H2,1-4H3,(H2,27,29,30,35). The van der Waals surface area contributed by atoms with Crippen molar-refractivity contribution >= 4 is 40.0 Å². The second-order valence-corrected chi connectivity index (χ2v) is 8.18. The fraction of sp³-hybridized carbons (Fsp3) is 0.192. The van der Waals surface area contributed by atoms with Crippen LogP contribution >= 0.6 is 12.2 Å². The van der Waals surface area contributed by atoms with Gasteiger partial charge in [0, 0.05) is 17.7 Å². The highest BCUT2D eigenvalue weighted by Crippen LogP contribution is 2.38. The van der Waals surface area contributed by atoms with Gasteiger partial charge in [0.25, 0.3) is 5.91 Å². The molecule has 0 fully saturated rings. The van der Waals surface area contributed by atoms with Gasteiger partial charge in [-0.05, 0) is 66.7 Å². The predicted octanol–water partition coefficient (Wildman–Crippen LogP) is 4.88. The van der Waals surface area contributed by atoms with E-state index >= 15 is 0 Å². The molecule has 180 valence electrons. The Morgan fingerprint density at radius 3 is 2.29 bits per heavy atom. The number of hydrogen-bond acceptors (Lipinski definition) is 7. The molecule has 1 heterocycles. The number of fused-ring (bicyclic) bond motifs is 1. The average molecular weight is 492 g/mol. The van der Waals surface area contributed by atoms with Crippen LogP contribution in [0, 0.1) is 6.92 Å². The smallest absolute Gasteiger partial charge is 0.257 e. The number of carbonyl (C=O) groups is 1. The minimum absolute atomic E-state index is 0.158. The SMILES string of the molecule is COc1cc(C(=O)NC(=S)Nc2ccc(Cc3nc4cc(C)ccc4o3)cc2)cc(OC)c1OC. The third kappa shape index (κ3) is 5.52. The molecule has 0 radical (unpaired) electrons. The first kappa shape index (κ1) is 24.0. The van der Waals surface area contributed by atoms with Crippen molar-refractivity contribution in [2.75, 3.05) is 26.6 Å². The molecule has 35 heavy (non-hydrogen) atoms. The summed E-state index contributed by atoms with van der Waals surface area (Å²) in [5.74, 6) is 1.39. The fourth-order valence-electron chi connectivity index (χ4n) is 3.59. The minimum Gasteiger partial charge on any atom is -0.493 e. The van der Waals surface area contributed by atoms with Gasteiger partial charge in [-0.1, -0.05) is 18.2 Å². The number of amides is 1. The van der Waals surface area contributed by atoms with E-state index in [2.05, 4.69) is 15.6 Å². The maximum atomic E-state index is 12.7. The van der Waals surface area contributed by atoms with Crippen molar-refractivity contribution < 1.29 is 23.4 Å². The minimum atomic E-state index is -0.412. The van der Waals surface area contributed by atoms with E-state index < -0.39 is 5.91 Å². The molecule has 9 heteroatoms. The van der Waals surface area contributed by atoms with Crippen molar-refractivity contribution in [1.29, 1.82) is 0 Å². The molecule has 4 aromatic rings. The van der Waals surface area contributed by atoms with Crippen molar-refractivity contribution in [2.24, 2.45) is 0 Å². The summed E-state index contributed by atoms with van der Waals surface area (Å²) in [6.07, 6.45) is 0.566. The third-order valence-electron chi connectivity index (χ3n) is 5.31. The van der Waals surface area contributed by atoms with Crippen LogP contribution in [0.25, 0.3) is 11.1 Å². The number of anilines is 1. The molecule has 0 spiro atoms. The van der Waals surface area contributed by atoms with Crippen molar-refractivity contribution in [2.45, 2.75) is 13.3 Å². The van der Waals surface area contributed by atoms with Crippen LogP contribution in [0.1, 0.15) is 27.4 Å². The van der Waals surface area contributed by atoms with E-state index in [9.17, 15) is 4.79 Å². The molecule has 2 N–H and O–H groups in total. The Labute approximate surface area is 208 Å². The Hall–Kier alpha value is -4.11. The summed E-state index contributed by atoms with van der Waals surface area (Å²) in [4.78, 5) is 17.3. The molecule has 0 aliphatic carbocycles. The Kier molecular flexibility index (Phi) is 7.17. The number of benzene rings is 3. The number of ether oxygens (including phenoxy) is 3. The maximum absolute atomic E-state index is 12.7. The zero-order valence-corrected chi connectivity index (χ0v) is 20.6. The van der Waals surface area contributed by atoms with E-state index in [1.54, 1.807) is 12.1 Å². The van der Waals surface area contributed by atoms with Gasteiger partial charge in [-0.2, -0.15) is 0 Å². The van der Waals surface area contributed by atoms with Crippen LogP contribution in [0.4, 0.5) is 5.69 Å². The van der Waals surface area contributed by atoms with Crippen molar-refractivity contribution in [3.8, 4) is 17.2 Å². The van der Waals surface area contributed by atoms with Gasteiger partial charge in [0.05, 0.1) is 21.3 Å². The van der Waals surface area contributed by atoms with Gasteiger partial charge in [-0.25, -0.2) is 4.98 Å².